The molecular formula is C14H20N4O3. The zero-order valence-corrected chi connectivity index (χ0v) is 11.9. The maximum Gasteiger partial charge on any atom is 0.303 e. The van der Waals surface area contributed by atoms with Gasteiger partial charge in [0, 0.05) is 31.9 Å². The van der Waals surface area contributed by atoms with Crippen molar-refractivity contribution < 1.29 is 14.7 Å². The zero-order valence-electron chi connectivity index (χ0n) is 11.9. The molecule has 0 saturated carbocycles. The van der Waals surface area contributed by atoms with E-state index < -0.39 is 5.97 Å². The molecule has 1 fully saturated rings. The van der Waals surface area contributed by atoms with Crippen LogP contribution < -0.4 is 10.2 Å². The van der Waals surface area contributed by atoms with E-state index in [0.29, 0.717) is 25.3 Å². The Hall–Kier alpha value is -2.18. The van der Waals surface area contributed by atoms with Crippen LogP contribution in [0.4, 0.5) is 5.95 Å². The lowest BCUT2D eigenvalue weighted by molar-refractivity contribution is -0.137. The summed E-state index contributed by atoms with van der Waals surface area (Å²) in [6.45, 7) is 1.28. The Kier molecular flexibility index (Phi) is 5.48. The molecule has 1 aromatic rings. The van der Waals surface area contributed by atoms with Crippen LogP contribution in [0.25, 0.3) is 0 Å². The molecule has 1 atom stereocenters. The molecule has 7 nitrogen and oxygen atoms in total. The standard InChI is InChI=1S/C14H20N4O3/c19-12(20)6-1-2-7-15-13(21)11-5-3-10-18(11)14-16-8-4-9-17-14/h4,8-9,11H,1-3,5-7,10H2,(H,15,21)(H,19,20). The number of hydrogen-bond acceptors (Lipinski definition) is 5. The Bertz CT molecular complexity index is 480. The van der Waals surface area contributed by atoms with Crippen molar-refractivity contribution in [2.75, 3.05) is 18.0 Å². The summed E-state index contributed by atoms with van der Waals surface area (Å²) in [4.78, 5) is 32.9. The molecular weight excluding hydrogens is 272 g/mol. The van der Waals surface area contributed by atoms with Crippen LogP contribution in [0.5, 0.6) is 0 Å². The highest BCUT2D eigenvalue weighted by molar-refractivity contribution is 5.85. The minimum absolute atomic E-state index is 0.0321. The number of nitrogens with one attached hydrogen (secondary N) is 1. The Morgan fingerprint density at radius 1 is 1.33 bits per heavy atom. The molecule has 2 rings (SSSR count). The molecule has 1 saturated heterocycles. The highest BCUT2D eigenvalue weighted by Crippen LogP contribution is 2.21. The summed E-state index contributed by atoms with van der Waals surface area (Å²) in [7, 11) is 0. The molecule has 21 heavy (non-hydrogen) atoms. The Labute approximate surface area is 123 Å². The fourth-order valence-electron chi connectivity index (χ4n) is 2.45. The van der Waals surface area contributed by atoms with E-state index in [-0.39, 0.29) is 18.4 Å². The zero-order chi connectivity index (χ0) is 15.1. The summed E-state index contributed by atoms with van der Waals surface area (Å²) < 4.78 is 0. The number of carbonyl (C=O) groups excluding carboxylic acids is 1. The quantitative estimate of drug-likeness (QED) is 0.722. The monoisotopic (exact) mass is 292 g/mol. The average molecular weight is 292 g/mol. The van der Waals surface area contributed by atoms with E-state index in [1.807, 2.05) is 4.90 Å². The fourth-order valence-corrected chi connectivity index (χ4v) is 2.45. The molecule has 0 aliphatic carbocycles. The van der Waals surface area contributed by atoms with Crippen molar-refractivity contribution in [1.29, 1.82) is 0 Å². The average Bonchev–Trinajstić information content (AvgIpc) is 2.97. The summed E-state index contributed by atoms with van der Waals surface area (Å²) in [5, 5.41) is 11.4. The number of hydrogen-bond donors (Lipinski definition) is 2. The number of unbranched alkanes of at least 4 members (excludes halogenated alkanes) is 1. The van der Waals surface area contributed by atoms with Gasteiger partial charge in [0.1, 0.15) is 6.04 Å². The van der Waals surface area contributed by atoms with E-state index in [1.54, 1.807) is 18.5 Å². The first-order valence-electron chi connectivity index (χ1n) is 7.21. The number of anilines is 1. The van der Waals surface area contributed by atoms with Gasteiger partial charge in [0.2, 0.25) is 11.9 Å². The number of carboxylic acid groups (broad SMARTS) is 1. The first-order chi connectivity index (χ1) is 10.2. The Morgan fingerprint density at radius 2 is 2.10 bits per heavy atom. The third kappa shape index (κ3) is 4.40. The van der Waals surface area contributed by atoms with Crippen molar-refractivity contribution in [2.45, 2.75) is 38.1 Å². The molecule has 0 bridgehead atoms. The van der Waals surface area contributed by atoms with Crippen LogP contribution in [-0.2, 0) is 9.59 Å². The second-order valence-electron chi connectivity index (χ2n) is 5.04. The molecule has 0 radical (unpaired) electrons. The molecule has 1 aliphatic rings. The van der Waals surface area contributed by atoms with Crippen molar-refractivity contribution in [1.82, 2.24) is 15.3 Å². The number of aromatic nitrogens is 2. The van der Waals surface area contributed by atoms with Crippen molar-refractivity contribution in [3.8, 4) is 0 Å². The summed E-state index contributed by atoms with van der Waals surface area (Å²) in [5.41, 5.74) is 0. The lowest BCUT2D eigenvalue weighted by atomic mass is 10.2. The van der Waals surface area contributed by atoms with Gasteiger partial charge in [0.25, 0.3) is 0 Å². The van der Waals surface area contributed by atoms with Crippen molar-refractivity contribution in [2.24, 2.45) is 0 Å². The number of rotatable bonds is 7. The van der Waals surface area contributed by atoms with E-state index in [9.17, 15) is 9.59 Å². The summed E-state index contributed by atoms with van der Waals surface area (Å²) in [5.74, 6) is -0.249. The maximum atomic E-state index is 12.2. The second kappa shape index (κ2) is 7.56. The fraction of sp³-hybridized carbons (Fsp3) is 0.571. The van der Waals surface area contributed by atoms with Crippen molar-refractivity contribution in [3.05, 3.63) is 18.5 Å². The number of amides is 1. The molecule has 1 aliphatic heterocycles. The molecule has 1 aromatic heterocycles. The van der Waals surface area contributed by atoms with E-state index in [1.165, 1.54) is 0 Å². The molecule has 7 heteroatoms. The number of carbonyl (C=O) groups is 2. The third-order valence-electron chi connectivity index (χ3n) is 3.48. The summed E-state index contributed by atoms with van der Waals surface area (Å²) in [6.07, 6.45) is 6.46. The van der Waals surface area contributed by atoms with E-state index in [2.05, 4.69) is 15.3 Å². The SMILES string of the molecule is O=C(O)CCCCNC(=O)C1CCCN1c1ncccn1. The number of carboxylic acids is 1. The smallest absolute Gasteiger partial charge is 0.303 e. The van der Waals surface area contributed by atoms with Crippen molar-refractivity contribution >= 4 is 17.8 Å². The van der Waals surface area contributed by atoms with Gasteiger partial charge < -0.3 is 15.3 Å². The van der Waals surface area contributed by atoms with Gasteiger partial charge >= 0.3 is 5.97 Å². The van der Waals surface area contributed by atoms with Crippen LogP contribution >= 0.6 is 0 Å². The molecule has 114 valence electrons. The lowest BCUT2D eigenvalue weighted by Gasteiger charge is -2.23. The molecule has 0 spiro atoms. The van der Waals surface area contributed by atoms with Gasteiger partial charge in [0.15, 0.2) is 0 Å². The second-order valence-corrected chi connectivity index (χ2v) is 5.04. The molecule has 0 aromatic carbocycles. The molecule has 1 unspecified atom stereocenters. The van der Waals surface area contributed by atoms with Gasteiger partial charge in [-0.05, 0) is 31.7 Å². The Morgan fingerprint density at radius 3 is 2.81 bits per heavy atom. The molecule has 1 amide bonds. The minimum Gasteiger partial charge on any atom is -0.481 e. The first-order valence-corrected chi connectivity index (χ1v) is 7.21. The van der Waals surface area contributed by atoms with Crippen LogP contribution in [0.2, 0.25) is 0 Å². The number of nitrogens with zero attached hydrogens (tertiary/aromatic N) is 3. The van der Waals surface area contributed by atoms with Gasteiger partial charge in [-0.1, -0.05) is 0 Å². The largest absolute Gasteiger partial charge is 0.481 e. The normalized spacial score (nSPS) is 17.7. The lowest BCUT2D eigenvalue weighted by Crippen LogP contribution is -2.44. The van der Waals surface area contributed by atoms with Gasteiger partial charge in [-0.15, -0.1) is 0 Å². The van der Waals surface area contributed by atoms with Gasteiger partial charge in [-0.25, -0.2) is 9.97 Å². The van der Waals surface area contributed by atoms with Crippen molar-refractivity contribution in [3.63, 3.8) is 0 Å². The minimum atomic E-state index is -0.801. The van der Waals surface area contributed by atoms with E-state index in [4.69, 9.17) is 5.11 Å². The Balaban J connectivity index is 1.80. The van der Waals surface area contributed by atoms with Crippen LogP contribution in [0.3, 0.4) is 0 Å². The predicted molar refractivity (Wildman–Crippen MR) is 76.9 cm³/mol. The summed E-state index contributed by atoms with van der Waals surface area (Å²) in [6, 6.07) is 1.52. The third-order valence-corrected chi connectivity index (χ3v) is 3.48. The number of aliphatic carboxylic acids is 1. The molecule has 2 N–H and O–H groups in total. The topological polar surface area (TPSA) is 95.4 Å². The highest BCUT2D eigenvalue weighted by atomic mass is 16.4. The van der Waals surface area contributed by atoms with Crippen LogP contribution in [-0.4, -0.2) is 46.1 Å². The van der Waals surface area contributed by atoms with Crippen LogP contribution in [0.15, 0.2) is 18.5 Å². The molecule has 2 heterocycles. The first kappa shape index (κ1) is 15.2. The van der Waals surface area contributed by atoms with Gasteiger partial charge in [-0.2, -0.15) is 0 Å². The highest BCUT2D eigenvalue weighted by Gasteiger charge is 2.31. The van der Waals surface area contributed by atoms with E-state index >= 15 is 0 Å². The van der Waals surface area contributed by atoms with Crippen LogP contribution in [0, 0.1) is 0 Å². The van der Waals surface area contributed by atoms with Gasteiger partial charge in [0.05, 0.1) is 0 Å². The maximum absolute atomic E-state index is 12.2. The van der Waals surface area contributed by atoms with Gasteiger partial charge in [-0.3, -0.25) is 9.59 Å². The van der Waals surface area contributed by atoms with E-state index in [0.717, 1.165) is 19.4 Å². The summed E-state index contributed by atoms with van der Waals surface area (Å²) >= 11 is 0. The van der Waals surface area contributed by atoms with Crippen LogP contribution in [0.1, 0.15) is 32.1 Å². The predicted octanol–water partition coefficient (Wildman–Crippen LogP) is 0.816.